The molecule has 9 heteroatoms. The van der Waals surface area contributed by atoms with Crippen molar-refractivity contribution in [1.29, 1.82) is 0 Å². The van der Waals surface area contributed by atoms with E-state index in [2.05, 4.69) is 5.32 Å². The highest BCUT2D eigenvalue weighted by molar-refractivity contribution is 6.31. The van der Waals surface area contributed by atoms with Crippen molar-refractivity contribution in [3.05, 3.63) is 80.5 Å². The number of carbonyl (C=O) groups is 2. The predicted molar refractivity (Wildman–Crippen MR) is 103 cm³/mol. The largest absolute Gasteiger partial charge is 0.327 e. The van der Waals surface area contributed by atoms with Crippen LogP contribution in [0.3, 0.4) is 0 Å². The second-order valence-corrected chi connectivity index (χ2v) is 6.96. The number of amides is 3. The number of rotatable bonds is 3. The molecule has 8 nitrogen and oxygen atoms in total. The summed E-state index contributed by atoms with van der Waals surface area (Å²) in [6.07, 6.45) is 0. The summed E-state index contributed by atoms with van der Waals surface area (Å²) >= 11 is 6.06. The van der Waals surface area contributed by atoms with E-state index >= 15 is 0 Å². The first-order valence-corrected chi connectivity index (χ1v) is 8.83. The molecular formula is C19H15ClN4O4. The zero-order valence-electron chi connectivity index (χ0n) is 14.8. The summed E-state index contributed by atoms with van der Waals surface area (Å²) in [5.74, 6) is -0.277. The van der Waals surface area contributed by atoms with E-state index in [1.54, 1.807) is 37.4 Å². The van der Waals surface area contributed by atoms with Crippen LogP contribution in [-0.2, 0) is 4.79 Å². The Labute approximate surface area is 165 Å². The van der Waals surface area contributed by atoms with Crippen LogP contribution in [0.5, 0.6) is 0 Å². The topological polar surface area (TPSA) is 95.8 Å². The van der Waals surface area contributed by atoms with Gasteiger partial charge in [-0.05, 0) is 23.8 Å². The number of carbonyl (C=O) groups excluding carboxylic acids is 2. The minimum atomic E-state index is -0.768. The van der Waals surface area contributed by atoms with Gasteiger partial charge in [-0.1, -0.05) is 29.8 Å². The molecule has 2 aliphatic heterocycles. The average Bonchev–Trinajstić information content (AvgIpc) is 3.02. The summed E-state index contributed by atoms with van der Waals surface area (Å²) in [5, 5.41) is 14.4. The number of benzene rings is 2. The molecule has 0 bridgehead atoms. The number of nitrogens with zero attached hydrogens (tertiary/aromatic N) is 3. The van der Waals surface area contributed by atoms with Crippen LogP contribution in [0.1, 0.15) is 11.6 Å². The fourth-order valence-electron chi connectivity index (χ4n) is 3.49. The van der Waals surface area contributed by atoms with Crippen molar-refractivity contribution < 1.29 is 14.5 Å². The summed E-state index contributed by atoms with van der Waals surface area (Å²) < 4.78 is 0. The van der Waals surface area contributed by atoms with Gasteiger partial charge in [0, 0.05) is 29.9 Å². The Morgan fingerprint density at radius 2 is 1.93 bits per heavy atom. The molecule has 2 aromatic carbocycles. The van der Waals surface area contributed by atoms with Gasteiger partial charge in [-0.15, -0.1) is 0 Å². The fourth-order valence-corrected chi connectivity index (χ4v) is 3.67. The molecule has 2 aliphatic rings. The van der Waals surface area contributed by atoms with E-state index in [-0.39, 0.29) is 24.2 Å². The van der Waals surface area contributed by atoms with Gasteiger partial charge in [-0.3, -0.25) is 19.8 Å². The molecule has 0 saturated heterocycles. The number of hydrogen-bond acceptors (Lipinski definition) is 4. The van der Waals surface area contributed by atoms with E-state index in [9.17, 15) is 19.7 Å². The second-order valence-electron chi connectivity index (χ2n) is 6.53. The average molecular weight is 399 g/mol. The van der Waals surface area contributed by atoms with Crippen molar-refractivity contribution in [3.8, 4) is 0 Å². The summed E-state index contributed by atoms with van der Waals surface area (Å²) in [5.41, 5.74) is 1.94. The van der Waals surface area contributed by atoms with E-state index < -0.39 is 11.0 Å². The summed E-state index contributed by atoms with van der Waals surface area (Å²) in [6.45, 7) is 0.212. The molecule has 0 aliphatic carbocycles. The number of hydrogen-bond donors (Lipinski definition) is 1. The maximum absolute atomic E-state index is 13.2. The van der Waals surface area contributed by atoms with Crippen LogP contribution >= 0.6 is 11.6 Å². The van der Waals surface area contributed by atoms with Gasteiger partial charge in [0.15, 0.2) is 0 Å². The van der Waals surface area contributed by atoms with Gasteiger partial charge in [0.05, 0.1) is 28.8 Å². The van der Waals surface area contributed by atoms with E-state index in [4.69, 9.17) is 11.6 Å². The van der Waals surface area contributed by atoms with Crippen molar-refractivity contribution >= 4 is 34.9 Å². The van der Waals surface area contributed by atoms with Gasteiger partial charge in [-0.25, -0.2) is 4.79 Å². The Kier molecular flexibility index (Phi) is 4.27. The number of nitrogens with one attached hydrogen (secondary N) is 1. The van der Waals surface area contributed by atoms with Gasteiger partial charge in [0.2, 0.25) is 0 Å². The van der Waals surface area contributed by atoms with Crippen LogP contribution in [0.4, 0.5) is 16.2 Å². The Balaban J connectivity index is 1.78. The lowest BCUT2D eigenvalue weighted by Gasteiger charge is -2.30. The lowest BCUT2D eigenvalue weighted by molar-refractivity contribution is -0.384. The smallest absolute Gasteiger partial charge is 0.322 e. The van der Waals surface area contributed by atoms with Crippen LogP contribution < -0.4 is 10.2 Å². The molecular weight excluding hydrogens is 384 g/mol. The SMILES string of the molecule is CN1C(=O)N[C@@H](c2cccc([N+](=O)[O-])c2)C2=C1CN(c1cccc(Cl)c1)C2=O. The molecule has 0 aromatic heterocycles. The first kappa shape index (κ1) is 18.0. The Morgan fingerprint density at radius 1 is 1.18 bits per heavy atom. The highest BCUT2D eigenvalue weighted by Crippen LogP contribution is 2.38. The Bertz CT molecular complexity index is 1050. The van der Waals surface area contributed by atoms with Crippen molar-refractivity contribution in [2.24, 2.45) is 0 Å². The van der Waals surface area contributed by atoms with Gasteiger partial charge < -0.3 is 10.2 Å². The van der Waals surface area contributed by atoms with Crippen LogP contribution in [0, 0.1) is 10.1 Å². The van der Waals surface area contributed by atoms with Crippen molar-refractivity contribution in [1.82, 2.24) is 10.2 Å². The normalized spacial score (nSPS) is 19.0. The molecule has 4 rings (SSSR count). The first-order chi connectivity index (χ1) is 13.4. The van der Waals surface area contributed by atoms with E-state index in [1.165, 1.54) is 28.0 Å². The van der Waals surface area contributed by atoms with Crippen LogP contribution in [0.15, 0.2) is 59.8 Å². The lowest BCUT2D eigenvalue weighted by atomic mass is 9.95. The molecule has 0 saturated carbocycles. The quantitative estimate of drug-likeness (QED) is 0.634. The van der Waals surface area contributed by atoms with E-state index in [0.717, 1.165) is 0 Å². The molecule has 2 aromatic rings. The number of nitro benzene ring substituents is 1. The summed E-state index contributed by atoms with van der Waals surface area (Å²) in [4.78, 5) is 39.2. The van der Waals surface area contributed by atoms with Crippen LogP contribution in [0.2, 0.25) is 5.02 Å². The van der Waals surface area contributed by atoms with Crippen LogP contribution in [0.25, 0.3) is 0 Å². The molecule has 28 heavy (non-hydrogen) atoms. The third-order valence-electron chi connectivity index (χ3n) is 4.89. The number of likely N-dealkylation sites (N-methyl/N-ethyl adjacent to an activating group) is 1. The molecule has 0 radical (unpaired) electrons. The number of halogens is 1. The van der Waals surface area contributed by atoms with Gasteiger partial charge in [-0.2, -0.15) is 0 Å². The third kappa shape index (κ3) is 2.87. The third-order valence-corrected chi connectivity index (χ3v) is 5.13. The number of urea groups is 1. The van der Waals surface area contributed by atoms with Crippen LogP contribution in [-0.4, -0.2) is 35.4 Å². The standard InChI is InChI=1S/C19H15ClN4O4/c1-22-15-10-23(13-6-3-5-12(20)9-13)18(25)16(15)17(21-19(22)26)11-4-2-7-14(8-11)24(27)28/h2-9,17H,10H2,1H3,(H,21,26)/t17-/m0/s1. The molecule has 1 N–H and O–H groups in total. The zero-order chi connectivity index (χ0) is 20.0. The van der Waals surface area contributed by atoms with Crippen molar-refractivity contribution in [2.45, 2.75) is 6.04 Å². The Hall–Kier alpha value is -3.39. The van der Waals surface area contributed by atoms with E-state index in [0.29, 0.717) is 27.5 Å². The van der Waals surface area contributed by atoms with Gasteiger partial charge in [0.1, 0.15) is 0 Å². The molecule has 3 amide bonds. The Morgan fingerprint density at radius 3 is 2.64 bits per heavy atom. The zero-order valence-corrected chi connectivity index (χ0v) is 15.5. The van der Waals surface area contributed by atoms with E-state index in [1.807, 2.05) is 0 Å². The summed E-state index contributed by atoms with van der Waals surface area (Å²) in [7, 11) is 1.59. The predicted octanol–water partition coefficient (Wildman–Crippen LogP) is 3.25. The monoisotopic (exact) mass is 398 g/mol. The van der Waals surface area contributed by atoms with Crippen molar-refractivity contribution in [2.75, 3.05) is 18.5 Å². The molecule has 142 valence electrons. The second kappa shape index (κ2) is 6.65. The molecule has 2 heterocycles. The maximum atomic E-state index is 13.2. The minimum absolute atomic E-state index is 0.107. The molecule has 0 fully saturated rings. The lowest BCUT2D eigenvalue weighted by Crippen LogP contribution is -2.45. The number of anilines is 1. The molecule has 0 unspecified atom stereocenters. The molecule has 0 spiro atoms. The van der Waals surface area contributed by atoms with Gasteiger partial charge in [0.25, 0.3) is 11.6 Å². The number of nitro groups is 1. The highest BCUT2D eigenvalue weighted by atomic mass is 35.5. The summed E-state index contributed by atoms with van der Waals surface area (Å²) in [6, 6.07) is 11.7. The maximum Gasteiger partial charge on any atom is 0.322 e. The highest BCUT2D eigenvalue weighted by Gasteiger charge is 2.43. The number of non-ortho nitro benzene ring substituents is 1. The fraction of sp³-hybridized carbons (Fsp3) is 0.158. The molecule has 1 atom stereocenters. The van der Waals surface area contributed by atoms with Crippen molar-refractivity contribution in [3.63, 3.8) is 0 Å². The first-order valence-electron chi connectivity index (χ1n) is 8.46. The van der Waals surface area contributed by atoms with Gasteiger partial charge >= 0.3 is 6.03 Å². The minimum Gasteiger partial charge on any atom is -0.327 e.